The molecule has 0 aliphatic heterocycles. The molecule has 0 unspecified atom stereocenters. The van der Waals surface area contributed by atoms with Gasteiger partial charge in [-0.2, -0.15) is 0 Å². The van der Waals surface area contributed by atoms with Crippen molar-refractivity contribution in [1.29, 1.82) is 0 Å². The largest absolute Gasteiger partial charge is 0.325 e. The van der Waals surface area contributed by atoms with Gasteiger partial charge in [-0.3, -0.25) is 14.2 Å². The molecule has 0 fully saturated rings. The Bertz CT molecular complexity index is 955. The molecule has 24 heavy (non-hydrogen) atoms. The zero-order valence-corrected chi connectivity index (χ0v) is 15.3. The number of fused-ring (bicyclic) bond motifs is 1. The van der Waals surface area contributed by atoms with Crippen molar-refractivity contribution in [3.05, 3.63) is 51.1 Å². The van der Waals surface area contributed by atoms with Crippen LogP contribution in [0.3, 0.4) is 0 Å². The summed E-state index contributed by atoms with van der Waals surface area (Å²) in [5.74, 6) is 0.0863. The van der Waals surface area contributed by atoms with Crippen LogP contribution in [0.4, 0.5) is 5.69 Å². The van der Waals surface area contributed by atoms with Crippen molar-refractivity contribution in [3.8, 4) is 0 Å². The molecule has 1 N–H and O–H groups in total. The van der Waals surface area contributed by atoms with Gasteiger partial charge in [0.15, 0.2) is 5.16 Å². The zero-order valence-electron chi connectivity index (χ0n) is 13.6. The highest BCUT2D eigenvalue weighted by Crippen LogP contribution is 2.22. The summed E-state index contributed by atoms with van der Waals surface area (Å²) >= 11 is 2.69. The molecule has 0 atom stereocenters. The SMILES string of the molecule is Cc1cccc(C)c1NC(=O)CSc1nc2sccc2c(=O)n1C. The molecule has 0 saturated heterocycles. The van der Waals surface area contributed by atoms with Gasteiger partial charge in [0.05, 0.1) is 11.1 Å². The second-order valence-corrected chi connectivity index (χ2v) is 7.34. The van der Waals surface area contributed by atoms with E-state index in [0.717, 1.165) is 16.8 Å². The fraction of sp³-hybridized carbons (Fsp3) is 0.235. The van der Waals surface area contributed by atoms with Crippen LogP contribution < -0.4 is 10.9 Å². The number of thioether (sulfide) groups is 1. The number of carbonyl (C=O) groups is 1. The zero-order chi connectivity index (χ0) is 17.3. The second kappa shape index (κ2) is 6.78. The number of nitrogens with zero attached hydrogens (tertiary/aromatic N) is 2. The van der Waals surface area contributed by atoms with E-state index in [0.29, 0.717) is 15.4 Å². The maximum atomic E-state index is 12.3. The number of nitrogens with one attached hydrogen (secondary N) is 1. The number of thiophene rings is 1. The van der Waals surface area contributed by atoms with Crippen LogP contribution in [0.2, 0.25) is 0 Å². The summed E-state index contributed by atoms with van der Waals surface area (Å²) < 4.78 is 1.49. The molecule has 0 bridgehead atoms. The van der Waals surface area contributed by atoms with Crippen LogP contribution in [0.25, 0.3) is 10.2 Å². The van der Waals surface area contributed by atoms with E-state index in [2.05, 4.69) is 10.3 Å². The van der Waals surface area contributed by atoms with Crippen molar-refractivity contribution in [3.63, 3.8) is 0 Å². The van der Waals surface area contributed by atoms with Crippen LogP contribution in [0.15, 0.2) is 39.6 Å². The summed E-state index contributed by atoms with van der Waals surface area (Å²) in [5.41, 5.74) is 2.82. The molecule has 3 aromatic rings. The normalized spacial score (nSPS) is 11.0. The number of para-hydroxylation sites is 1. The van der Waals surface area contributed by atoms with Crippen molar-refractivity contribution in [2.75, 3.05) is 11.1 Å². The number of hydrogen-bond donors (Lipinski definition) is 1. The Hall–Kier alpha value is -2.12. The molecule has 1 amide bonds. The average molecular weight is 359 g/mol. The van der Waals surface area contributed by atoms with Gasteiger partial charge >= 0.3 is 0 Å². The third-order valence-electron chi connectivity index (χ3n) is 3.74. The van der Waals surface area contributed by atoms with E-state index in [-0.39, 0.29) is 17.2 Å². The van der Waals surface area contributed by atoms with Crippen LogP contribution >= 0.6 is 23.1 Å². The number of aromatic nitrogens is 2. The van der Waals surface area contributed by atoms with Crippen LogP contribution in [0.1, 0.15) is 11.1 Å². The maximum absolute atomic E-state index is 12.3. The molecule has 0 aliphatic carbocycles. The Morgan fingerprint density at radius 2 is 2.00 bits per heavy atom. The molecule has 3 rings (SSSR count). The van der Waals surface area contributed by atoms with Crippen LogP contribution in [0, 0.1) is 13.8 Å². The van der Waals surface area contributed by atoms with Crippen molar-refractivity contribution < 1.29 is 4.79 Å². The van der Waals surface area contributed by atoms with Gasteiger partial charge < -0.3 is 5.32 Å². The van der Waals surface area contributed by atoms with E-state index < -0.39 is 0 Å². The average Bonchev–Trinajstić information content (AvgIpc) is 3.02. The fourth-order valence-corrected chi connectivity index (χ4v) is 4.00. The standard InChI is InChI=1S/C17H17N3O2S2/c1-10-5-4-6-11(2)14(10)18-13(21)9-24-17-19-15-12(7-8-23-15)16(22)20(17)3/h4-8H,9H2,1-3H3,(H,18,21). The van der Waals surface area contributed by atoms with Gasteiger partial charge in [-0.1, -0.05) is 30.0 Å². The second-order valence-electron chi connectivity index (χ2n) is 5.50. The molecular weight excluding hydrogens is 342 g/mol. The van der Waals surface area contributed by atoms with Gasteiger partial charge in [0.25, 0.3) is 5.56 Å². The first-order chi connectivity index (χ1) is 11.5. The summed E-state index contributed by atoms with van der Waals surface area (Å²) in [5, 5.41) is 5.96. The van der Waals surface area contributed by atoms with Crippen molar-refractivity contribution in [2.45, 2.75) is 19.0 Å². The Balaban J connectivity index is 1.75. The topological polar surface area (TPSA) is 64.0 Å². The van der Waals surface area contributed by atoms with E-state index >= 15 is 0 Å². The number of carbonyl (C=O) groups excluding carboxylic acids is 1. The summed E-state index contributed by atoms with van der Waals surface area (Å²) in [6, 6.07) is 7.67. The van der Waals surface area contributed by atoms with E-state index in [4.69, 9.17) is 0 Å². The van der Waals surface area contributed by atoms with Crippen LogP contribution in [0.5, 0.6) is 0 Å². The lowest BCUT2D eigenvalue weighted by atomic mass is 10.1. The Kier molecular flexibility index (Phi) is 4.73. The van der Waals surface area contributed by atoms with E-state index in [9.17, 15) is 9.59 Å². The molecule has 7 heteroatoms. The molecule has 0 aliphatic rings. The van der Waals surface area contributed by atoms with Gasteiger partial charge in [-0.05, 0) is 36.4 Å². The molecule has 1 aromatic carbocycles. The Labute approximate surface area is 147 Å². The fourth-order valence-electron chi connectivity index (χ4n) is 2.43. The lowest BCUT2D eigenvalue weighted by Gasteiger charge is -2.11. The molecule has 5 nitrogen and oxygen atoms in total. The molecule has 0 saturated carbocycles. The highest BCUT2D eigenvalue weighted by atomic mass is 32.2. The van der Waals surface area contributed by atoms with E-state index in [1.54, 1.807) is 13.1 Å². The number of rotatable bonds is 4. The molecule has 2 heterocycles. The predicted molar refractivity (Wildman–Crippen MR) is 100 cm³/mol. The highest BCUT2D eigenvalue weighted by Gasteiger charge is 2.12. The lowest BCUT2D eigenvalue weighted by Crippen LogP contribution is -2.21. The minimum absolute atomic E-state index is 0.0843. The molecule has 2 aromatic heterocycles. The monoisotopic (exact) mass is 359 g/mol. The molecule has 124 valence electrons. The summed E-state index contributed by atoms with van der Waals surface area (Å²) in [4.78, 5) is 29.7. The smallest absolute Gasteiger partial charge is 0.262 e. The first kappa shape index (κ1) is 16.7. The minimum atomic E-state index is -0.113. The van der Waals surface area contributed by atoms with Gasteiger partial charge in [0.2, 0.25) is 5.91 Å². The van der Waals surface area contributed by atoms with Gasteiger partial charge in [-0.15, -0.1) is 11.3 Å². The highest BCUT2D eigenvalue weighted by molar-refractivity contribution is 7.99. The summed E-state index contributed by atoms with van der Waals surface area (Å²) in [7, 11) is 1.68. The van der Waals surface area contributed by atoms with Crippen LogP contribution in [-0.4, -0.2) is 21.2 Å². The van der Waals surface area contributed by atoms with Crippen molar-refractivity contribution in [2.24, 2.45) is 7.05 Å². The number of hydrogen-bond acceptors (Lipinski definition) is 5. The lowest BCUT2D eigenvalue weighted by molar-refractivity contribution is -0.113. The Morgan fingerprint density at radius 1 is 1.29 bits per heavy atom. The van der Waals surface area contributed by atoms with E-state index in [1.165, 1.54) is 27.7 Å². The quantitative estimate of drug-likeness (QED) is 0.573. The minimum Gasteiger partial charge on any atom is -0.325 e. The third-order valence-corrected chi connectivity index (χ3v) is 5.58. The van der Waals surface area contributed by atoms with Gasteiger partial charge in [0.1, 0.15) is 4.83 Å². The first-order valence-corrected chi connectivity index (χ1v) is 9.27. The Morgan fingerprint density at radius 3 is 2.71 bits per heavy atom. The van der Waals surface area contributed by atoms with Crippen molar-refractivity contribution >= 4 is 44.9 Å². The summed E-state index contributed by atoms with van der Waals surface area (Å²) in [6.07, 6.45) is 0. The van der Waals surface area contributed by atoms with E-state index in [1.807, 2.05) is 37.4 Å². The maximum Gasteiger partial charge on any atom is 0.262 e. The predicted octanol–water partition coefficient (Wildman–Crippen LogP) is 3.34. The van der Waals surface area contributed by atoms with Gasteiger partial charge in [0, 0.05) is 12.7 Å². The number of anilines is 1. The molecular formula is C17H17N3O2S2. The molecule has 0 spiro atoms. The van der Waals surface area contributed by atoms with Crippen molar-refractivity contribution in [1.82, 2.24) is 9.55 Å². The number of aryl methyl sites for hydroxylation is 2. The summed E-state index contributed by atoms with van der Waals surface area (Å²) in [6.45, 7) is 3.93. The van der Waals surface area contributed by atoms with Gasteiger partial charge in [-0.25, -0.2) is 4.98 Å². The first-order valence-electron chi connectivity index (χ1n) is 7.40. The molecule has 0 radical (unpaired) electrons. The van der Waals surface area contributed by atoms with Crippen LogP contribution in [-0.2, 0) is 11.8 Å². The number of amides is 1. The number of benzene rings is 1. The third kappa shape index (κ3) is 3.22.